The lowest BCUT2D eigenvalue weighted by molar-refractivity contribution is -0.132. The third-order valence-corrected chi connectivity index (χ3v) is 9.00. The summed E-state index contributed by atoms with van der Waals surface area (Å²) in [5, 5.41) is 0. The topological polar surface area (TPSA) is 79.4 Å². The predicted octanol–water partition coefficient (Wildman–Crippen LogP) is 3.77. The number of rotatable bonds is 9. The number of carbonyl (C=O) groups excluding carboxylic acids is 1. The SMILES string of the molecule is CCOc1ccc(S(=O)(=O)N(CC(=O)N2CCN(c3ccc(OC)cc3)CC2)C2CCCCC2)cc1. The third-order valence-electron chi connectivity index (χ3n) is 7.08. The summed E-state index contributed by atoms with van der Waals surface area (Å²) in [6.45, 7) is 4.81. The summed E-state index contributed by atoms with van der Waals surface area (Å²) in [6, 6.07) is 14.3. The highest BCUT2D eigenvalue weighted by Gasteiger charge is 2.35. The normalized spacial score (nSPS) is 17.3. The van der Waals surface area contributed by atoms with Crippen LogP contribution < -0.4 is 14.4 Å². The van der Waals surface area contributed by atoms with Gasteiger partial charge in [0.05, 0.1) is 25.2 Å². The molecule has 1 saturated heterocycles. The van der Waals surface area contributed by atoms with Crippen LogP contribution in [0.25, 0.3) is 0 Å². The second kappa shape index (κ2) is 12.0. The van der Waals surface area contributed by atoms with Crippen LogP contribution in [0.2, 0.25) is 0 Å². The van der Waals surface area contributed by atoms with Crippen molar-refractivity contribution in [1.29, 1.82) is 0 Å². The molecule has 4 rings (SSSR count). The number of carbonyl (C=O) groups is 1. The molecule has 1 aliphatic carbocycles. The summed E-state index contributed by atoms with van der Waals surface area (Å²) in [6.07, 6.45) is 4.64. The van der Waals surface area contributed by atoms with Crippen molar-refractivity contribution in [3.05, 3.63) is 48.5 Å². The number of nitrogens with zero attached hydrogens (tertiary/aromatic N) is 3. The van der Waals surface area contributed by atoms with Gasteiger partial charge in [-0.3, -0.25) is 4.79 Å². The van der Waals surface area contributed by atoms with E-state index < -0.39 is 10.0 Å². The molecule has 2 aromatic rings. The number of amides is 1. The molecule has 196 valence electrons. The first-order chi connectivity index (χ1) is 17.4. The van der Waals surface area contributed by atoms with Gasteiger partial charge in [0.1, 0.15) is 11.5 Å². The second-order valence-corrected chi connectivity index (χ2v) is 11.2. The molecule has 1 aliphatic heterocycles. The van der Waals surface area contributed by atoms with Crippen molar-refractivity contribution in [3.8, 4) is 11.5 Å². The molecule has 9 heteroatoms. The average Bonchev–Trinajstić information content (AvgIpc) is 2.92. The van der Waals surface area contributed by atoms with Crippen LogP contribution in [0.5, 0.6) is 11.5 Å². The Kier molecular flexibility index (Phi) is 8.74. The van der Waals surface area contributed by atoms with Crippen molar-refractivity contribution >= 4 is 21.6 Å². The highest BCUT2D eigenvalue weighted by Crippen LogP contribution is 2.29. The second-order valence-electron chi connectivity index (χ2n) is 9.31. The van der Waals surface area contributed by atoms with Gasteiger partial charge < -0.3 is 19.3 Å². The molecule has 1 saturated carbocycles. The van der Waals surface area contributed by atoms with Crippen LogP contribution in [0.15, 0.2) is 53.4 Å². The summed E-state index contributed by atoms with van der Waals surface area (Å²) in [7, 11) is -2.17. The first kappa shape index (κ1) is 26.3. The Morgan fingerprint density at radius 3 is 2.11 bits per heavy atom. The van der Waals surface area contributed by atoms with E-state index in [-0.39, 0.29) is 23.4 Å². The van der Waals surface area contributed by atoms with Crippen LogP contribution >= 0.6 is 0 Å². The minimum Gasteiger partial charge on any atom is -0.497 e. The summed E-state index contributed by atoms with van der Waals surface area (Å²) in [4.78, 5) is 17.6. The van der Waals surface area contributed by atoms with E-state index in [2.05, 4.69) is 4.90 Å². The van der Waals surface area contributed by atoms with E-state index in [9.17, 15) is 13.2 Å². The summed E-state index contributed by atoms with van der Waals surface area (Å²) >= 11 is 0. The summed E-state index contributed by atoms with van der Waals surface area (Å²) < 4.78 is 39.6. The van der Waals surface area contributed by atoms with Crippen molar-refractivity contribution in [3.63, 3.8) is 0 Å². The van der Waals surface area contributed by atoms with Gasteiger partial charge >= 0.3 is 0 Å². The fraction of sp³-hybridized carbons (Fsp3) is 0.519. The highest BCUT2D eigenvalue weighted by atomic mass is 32.2. The maximum absolute atomic E-state index is 13.7. The van der Waals surface area contributed by atoms with E-state index in [1.165, 1.54) is 4.31 Å². The van der Waals surface area contributed by atoms with E-state index in [4.69, 9.17) is 9.47 Å². The molecule has 0 N–H and O–H groups in total. The monoisotopic (exact) mass is 515 g/mol. The molecule has 0 aromatic heterocycles. The smallest absolute Gasteiger partial charge is 0.243 e. The molecule has 1 amide bonds. The van der Waals surface area contributed by atoms with E-state index in [0.717, 1.165) is 43.5 Å². The molecule has 2 fully saturated rings. The van der Waals surface area contributed by atoms with Gasteiger partial charge in [-0.15, -0.1) is 0 Å². The zero-order chi connectivity index (χ0) is 25.5. The lowest BCUT2D eigenvalue weighted by Gasteiger charge is -2.38. The van der Waals surface area contributed by atoms with Crippen LogP contribution in [0.1, 0.15) is 39.0 Å². The first-order valence-corrected chi connectivity index (χ1v) is 14.3. The third kappa shape index (κ3) is 6.13. The lowest BCUT2D eigenvalue weighted by Crippen LogP contribution is -2.53. The van der Waals surface area contributed by atoms with E-state index >= 15 is 0 Å². The zero-order valence-corrected chi connectivity index (χ0v) is 22.1. The van der Waals surface area contributed by atoms with Gasteiger partial charge in [0, 0.05) is 37.9 Å². The number of ether oxygens (including phenoxy) is 2. The van der Waals surface area contributed by atoms with Crippen molar-refractivity contribution in [2.45, 2.75) is 50.0 Å². The van der Waals surface area contributed by atoms with E-state index in [0.29, 0.717) is 38.5 Å². The number of methoxy groups -OCH3 is 1. The van der Waals surface area contributed by atoms with Gasteiger partial charge in [0.15, 0.2) is 0 Å². The Hall–Kier alpha value is -2.78. The summed E-state index contributed by atoms with van der Waals surface area (Å²) in [5.41, 5.74) is 1.09. The molecule has 2 aromatic carbocycles. The van der Waals surface area contributed by atoms with Crippen LogP contribution in [0, 0.1) is 0 Å². The van der Waals surface area contributed by atoms with Gasteiger partial charge in [-0.05, 0) is 68.3 Å². The van der Waals surface area contributed by atoms with E-state index in [1.54, 1.807) is 36.3 Å². The lowest BCUT2D eigenvalue weighted by atomic mass is 9.95. The minimum atomic E-state index is -3.82. The van der Waals surface area contributed by atoms with Crippen LogP contribution in [0.4, 0.5) is 5.69 Å². The average molecular weight is 516 g/mol. The quantitative estimate of drug-likeness (QED) is 0.506. The molecule has 2 aliphatic rings. The van der Waals surface area contributed by atoms with Gasteiger partial charge in [0.2, 0.25) is 15.9 Å². The maximum Gasteiger partial charge on any atom is 0.243 e. The van der Waals surface area contributed by atoms with Gasteiger partial charge in [-0.1, -0.05) is 19.3 Å². The predicted molar refractivity (Wildman–Crippen MR) is 140 cm³/mol. The molecule has 36 heavy (non-hydrogen) atoms. The molecule has 8 nitrogen and oxygen atoms in total. The number of benzene rings is 2. The molecular formula is C27H37N3O5S. The van der Waals surface area contributed by atoms with Gasteiger partial charge in [0.25, 0.3) is 0 Å². The molecule has 0 radical (unpaired) electrons. The molecule has 0 atom stereocenters. The van der Waals surface area contributed by atoms with Crippen LogP contribution in [-0.4, -0.2) is 76.0 Å². The molecule has 0 unspecified atom stereocenters. The van der Waals surface area contributed by atoms with Gasteiger partial charge in [-0.2, -0.15) is 4.31 Å². The number of hydrogen-bond donors (Lipinski definition) is 0. The Balaban J connectivity index is 1.45. The Bertz CT molecular complexity index is 1090. The molecule has 0 bridgehead atoms. The fourth-order valence-electron chi connectivity index (χ4n) is 5.03. The van der Waals surface area contributed by atoms with Gasteiger partial charge in [-0.25, -0.2) is 8.42 Å². The van der Waals surface area contributed by atoms with Crippen LogP contribution in [0.3, 0.4) is 0 Å². The van der Waals surface area contributed by atoms with Crippen LogP contribution in [-0.2, 0) is 14.8 Å². The Labute approximate surface area is 214 Å². The number of piperazine rings is 1. The zero-order valence-electron chi connectivity index (χ0n) is 21.3. The molecule has 1 heterocycles. The summed E-state index contributed by atoms with van der Waals surface area (Å²) in [5.74, 6) is 1.31. The number of sulfonamides is 1. The number of anilines is 1. The van der Waals surface area contributed by atoms with Crippen molar-refractivity contribution < 1.29 is 22.7 Å². The maximum atomic E-state index is 13.7. The van der Waals surface area contributed by atoms with Crippen molar-refractivity contribution in [1.82, 2.24) is 9.21 Å². The molecule has 0 spiro atoms. The Morgan fingerprint density at radius 1 is 0.917 bits per heavy atom. The first-order valence-electron chi connectivity index (χ1n) is 12.8. The van der Waals surface area contributed by atoms with Crippen molar-refractivity contribution in [2.75, 3.05) is 51.3 Å². The Morgan fingerprint density at radius 2 is 1.53 bits per heavy atom. The molecular weight excluding hydrogens is 478 g/mol. The standard InChI is InChI=1S/C27H37N3O5S/c1-3-35-25-13-15-26(16-14-25)36(32,33)30(23-7-5-4-6-8-23)21-27(31)29-19-17-28(18-20-29)22-9-11-24(34-2)12-10-22/h9-16,23H,3-8,17-21H2,1-2H3. The number of hydrogen-bond acceptors (Lipinski definition) is 6. The van der Waals surface area contributed by atoms with Crippen molar-refractivity contribution in [2.24, 2.45) is 0 Å². The highest BCUT2D eigenvalue weighted by molar-refractivity contribution is 7.89. The largest absolute Gasteiger partial charge is 0.497 e. The minimum absolute atomic E-state index is 0.122. The fourth-order valence-corrected chi connectivity index (χ4v) is 6.66. The van der Waals surface area contributed by atoms with E-state index in [1.807, 2.05) is 31.2 Å².